The highest BCUT2D eigenvalue weighted by molar-refractivity contribution is 5.90. The number of allylic oxidation sites excluding steroid dienone is 1. The monoisotopic (exact) mass is 208 g/mol. The minimum Gasteiger partial charge on any atom is -0.494 e. The fourth-order valence-electron chi connectivity index (χ4n) is 2.80. The van der Waals surface area contributed by atoms with Gasteiger partial charge in [-0.05, 0) is 37.5 Å². The molecule has 2 heteroatoms. The van der Waals surface area contributed by atoms with Crippen LogP contribution < -0.4 is 0 Å². The van der Waals surface area contributed by atoms with E-state index in [0.29, 0.717) is 6.42 Å². The lowest BCUT2D eigenvalue weighted by Gasteiger charge is -2.41. The summed E-state index contributed by atoms with van der Waals surface area (Å²) in [5.74, 6) is 1.81. The van der Waals surface area contributed by atoms with Crippen LogP contribution in [0.2, 0.25) is 0 Å². The minimum absolute atomic E-state index is 0.142. The molecule has 0 radical (unpaired) electrons. The molecule has 1 spiro atoms. The van der Waals surface area contributed by atoms with Crippen LogP contribution in [0, 0.1) is 11.8 Å². The van der Waals surface area contributed by atoms with Gasteiger partial charge in [-0.3, -0.25) is 4.79 Å². The Morgan fingerprint density at radius 3 is 2.60 bits per heavy atom. The summed E-state index contributed by atoms with van der Waals surface area (Å²) < 4.78 is 5.70. The third kappa shape index (κ3) is 2.24. The first-order chi connectivity index (χ1) is 7.11. The van der Waals surface area contributed by atoms with Crippen LogP contribution in [0.1, 0.15) is 46.0 Å². The van der Waals surface area contributed by atoms with Gasteiger partial charge in [-0.2, -0.15) is 0 Å². The highest BCUT2D eigenvalue weighted by Gasteiger charge is 2.39. The zero-order valence-corrected chi connectivity index (χ0v) is 9.66. The summed E-state index contributed by atoms with van der Waals surface area (Å²) in [6, 6.07) is 0. The number of hydrogen-bond acceptors (Lipinski definition) is 2. The third-order valence-electron chi connectivity index (χ3n) is 3.95. The number of carbonyl (C=O) groups is 1. The Morgan fingerprint density at radius 2 is 2.07 bits per heavy atom. The number of carbonyl (C=O) groups excluding carboxylic acids is 1. The van der Waals surface area contributed by atoms with Crippen LogP contribution >= 0.6 is 0 Å². The summed E-state index contributed by atoms with van der Waals surface area (Å²) in [7, 11) is 0. The molecule has 0 atom stereocenters. The molecule has 2 nitrogen and oxygen atoms in total. The molecule has 0 N–H and O–H groups in total. The lowest BCUT2D eigenvalue weighted by Crippen LogP contribution is -2.40. The average molecular weight is 208 g/mol. The Balaban J connectivity index is 1.97. The van der Waals surface area contributed by atoms with Gasteiger partial charge in [-0.25, -0.2) is 0 Å². The second kappa shape index (κ2) is 3.99. The lowest BCUT2D eigenvalue weighted by atomic mass is 9.72. The van der Waals surface area contributed by atoms with Crippen molar-refractivity contribution in [3.8, 4) is 0 Å². The Hall–Kier alpha value is -0.790. The number of ether oxygens (including phenoxy) is 1. The van der Waals surface area contributed by atoms with E-state index in [1.165, 1.54) is 12.8 Å². The molecule has 1 aliphatic heterocycles. The first-order valence-electron chi connectivity index (χ1n) is 5.98. The molecule has 0 bridgehead atoms. The van der Waals surface area contributed by atoms with Gasteiger partial charge in [0, 0.05) is 6.08 Å². The van der Waals surface area contributed by atoms with Crippen molar-refractivity contribution < 1.29 is 9.53 Å². The van der Waals surface area contributed by atoms with E-state index in [1.54, 1.807) is 12.3 Å². The van der Waals surface area contributed by atoms with Crippen LogP contribution in [0.25, 0.3) is 0 Å². The van der Waals surface area contributed by atoms with Crippen molar-refractivity contribution in [3.05, 3.63) is 12.3 Å². The van der Waals surface area contributed by atoms with E-state index >= 15 is 0 Å². The molecule has 2 aliphatic rings. The van der Waals surface area contributed by atoms with Gasteiger partial charge >= 0.3 is 0 Å². The smallest absolute Gasteiger partial charge is 0.162 e. The third-order valence-corrected chi connectivity index (χ3v) is 3.95. The SMILES string of the molecule is CC(C)C1CCC2(CC1)CC(=O)C=CO2. The van der Waals surface area contributed by atoms with Crippen molar-refractivity contribution in [2.24, 2.45) is 11.8 Å². The Bertz CT molecular complexity index is 270. The molecular weight excluding hydrogens is 188 g/mol. The molecule has 0 unspecified atom stereocenters. The van der Waals surface area contributed by atoms with E-state index in [0.717, 1.165) is 24.7 Å². The molecule has 0 aromatic rings. The van der Waals surface area contributed by atoms with E-state index in [-0.39, 0.29) is 11.4 Å². The topological polar surface area (TPSA) is 26.3 Å². The molecule has 2 rings (SSSR count). The van der Waals surface area contributed by atoms with Crippen molar-refractivity contribution in [1.29, 1.82) is 0 Å². The lowest BCUT2D eigenvalue weighted by molar-refractivity contribution is -0.125. The van der Waals surface area contributed by atoms with Gasteiger partial charge in [0.25, 0.3) is 0 Å². The predicted molar refractivity (Wildman–Crippen MR) is 59.4 cm³/mol. The molecule has 1 saturated carbocycles. The fourth-order valence-corrected chi connectivity index (χ4v) is 2.80. The van der Waals surface area contributed by atoms with Crippen LogP contribution in [-0.4, -0.2) is 11.4 Å². The van der Waals surface area contributed by atoms with Crippen LogP contribution in [0.3, 0.4) is 0 Å². The molecule has 1 fully saturated rings. The molecule has 0 amide bonds. The minimum atomic E-state index is -0.142. The van der Waals surface area contributed by atoms with Gasteiger partial charge in [0.15, 0.2) is 5.78 Å². The fraction of sp³-hybridized carbons (Fsp3) is 0.769. The summed E-state index contributed by atoms with van der Waals surface area (Å²) in [5, 5.41) is 0. The average Bonchev–Trinajstić information content (AvgIpc) is 2.18. The molecule has 0 saturated heterocycles. The van der Waals surface area contributed by atoms with Gasteiger partial charge < -0.3 is 4.74 Å². The van der Waals surface area contributed by atoms with Crippen molar-refractivity contribution in [2.75, 3.05) is 0 Å². The molecule has 15 heavy (non-hydrogen) atoms. The summed E-state index contributed by atoms with van der Waals surface area (Å²) in [6.45, 7) is 4.57. The van der Waals surface area contributed by atoms with Gasteiger partial charge in [0.1, 0.15) is 5.60 Å². The van der Waals surface area contributed by atoms with Crippen LogP contribution in [0.5, 0.6) is 0 Å². The summed E-state index contributed by atoms with van der Waals surface area (Å²) in [6.07, 6.45) is 8.26. The molecule has 0 aromatic carbocycles. The second-order valence-corrected chi connectivity index (χ2v) is 5.33. The Labute approximate surface area is 91.7 Å². The van der Waals surface area contributed by atoms with E-state index in [9.17, 15) is 4.79 Å². The maximum absolute atomic E-state index is 11.4. The van der Waals surface area contributed by atoms with Crippen LogP contribution in [0.4, 0.5) is 0 Å². The normalized spacial score (nSPS) is 35.9. The highest BCUT2D eigenvalue weighted by atomic mass is 16.5. The first-order valence-corrected chi connectivity index (χ1v) is 5.98. The van der Waals surface area contributed by atoms with Crippen molar-refractivity contribution in [3.63, 3.8) is 0 Å². The van der Waals surface area contributed by atoms with Gasteiger partial charge in [-0.1, -0.05) is 13.8 Å². The molecule has 84 valence electrons. The maximum Gasteiger partial charge on any atom is 0.162 e. The molecule has 1 heterocycles. The number of rotatable bonds is 1. The predicted octanol–water partition coefficient (Wildman–Crippen LogP) is 3.07. The van der Waals surface area contributed by atoms with Crippen molar-refractivity contribution >= 4 is 5.78 Å². The Morgan fingerprint density at radius 1 is 1.40 bits per heavy atom. The van der Waals surface area contributed by atoms with Gasteiger partial charge in [-0.15, -0.1) is 0 Å². The largest absolute Gasteiger partial charge is 0.494 e. The summed E-state index contributed by atoms with van der Waals surface area (Å²) in [5.41, 5.74) is -0.142. The maximum atomic E-state index is 11.4. The quantitative estimate of drug-likeness (QED) is 0.662. The number of ketones is 1. The van der Waals surface area contributed by atoms with E-state index in [2.05, 4.69) is 13.8 Å². The van der Waals surface area contributed by atoms with Gasteiger partial charge in [0.2, 0.25) is 0 Å². The van der Waals surface area contributed by atoms with Crippen LogP contribution in [-0.2, 0) is 9.53 Å². The van der Waals surface area contributed by atoms with E-state index in [4.69, 9.17) is 4.74 Å². The molecule has 1 aliphatic carbocycles. The summed E-state index contributed by atoms with van der Waals surface area (Å²) in [4.78, 5) is 11.4. The van der Waals surface area contributed by atoms with Gasteiger partial charge in [0.05, 0.1) is 12.7 Å². The Kier molecular flexibility index (Phi) is 2.85. The van der Waals surface area contributed by atoms with Crippen molar-refractivity contribution in [1.82, 2.24) is 0 Å². The van der Waals surface area contributed by atoms with E-state index in [1.807, 2.05) is 0 Å². The second-order valence-electron chi connectivity index (χ2n) is 5.33. The summed E-state index contributed by atoms with van der Waals surface area (Å²) >= 11 is 0. The molecule has 0 aromatic heterocycles. The number of hydrogen-bond donors (Lipinski definition) is 0. The highest BCUT2D eigenvalue weighted by Crippen LogP contribution is 2.41. The zero-order chi connectivity index (χ0) is 10.9. The van der Waals surface area contributed by atoms with E-state index < -0.39 is 0 Å². The van der Waals surface area contributed by atoms with Crippen molar-refractivity contribution in [2.45, 2.75) is 51.6 Å². The first kappa shape index (κ1) is 10.7. The van der Waals surface area contributed by atoms with Crippen LogP contribution in [0.15, 0.2) is 12.3 Å². The molecular formula is C13H20O2. The standard InChI is InChI=1S/C13H20O2/c1-10(2)11-3-6-13(7-4-11)9-12(14)5-8-15-13/h5,8,10-11H,3-4,6-7,9H2,1-2H3. The zero-order valence-electron chi connectivity index (χ0n) is 9.66.